The lowest BCUT2D eigenvalue weighted by Crippen LogP contribution is -2.50. The largest absolute Gasteiger partial charge is 0.369 e. The Kier molecular flexibility index (Phi) is 6.16. The molecule has 1 atom stereocenters. The second kappa shape index (κ2) is 8.11. The first-order chi connectivity index (χ1) is 11.0. The normalized spacial score (nSPS) is 16.9. The number of hydrogen-bond donors (Lipinski definition) is 1. The predicted octanol–water partition coefficient (Wildman–Crippen LogP) is 1.93. The minimum Gasteiger partial charge on any atom is -0.369 e. The molecule has 1 aliphatic rings. The molecule has 0 radical (unpaired) electrons. The first kappa shape index (κ1) is 17.5. The van der Waals surface area contributed by atoms with Gasteiger partial charge in [0.25, 0.3) is 0 Å². The van der Waals surface area contributed by atoms with Gasteiger partial charge >= 0.3 is 0 Å². The first-order valence-corrected chi connectivity index (χ1v) is 8.37. The summed E-state index contributed by atoms with van der Waals surface area (Å²) < 4.78 is 0. The topological polar surface area (TPSA) is 52.7 Å². The highest BCUT2D eigenvalue weighted by Crippen LogP contribution is 2.17. The number of nitrogens with one attached hydrogen (secondary N) is 1. The van der Waals surface area contributed by atoms with Crippen LogP contribution in [0.5, 0.6) is 0 Å². The Labute approximate surface area is 138 Å². The van der Waals surface area contributed by atoms with E-state index in [0.717, 1.165) is 43.9 Å². The molecule has 5 heteroatoms. The fourth-order valence-corrected chi connectivity index (χ4v) is 2.70. The Morgan fingerprint density at radius 2 is 1.74 bits per heavy atom. The third-order valence-corrected chi connectivity index (χ3v) is 4.40. The summed E-state index contributed by atoms with van der Waals surface area (Å²) in [6, 6.07) is 8.00. The van der Waals surface area contributed by atoms with E-state index in [-0.39, 0.29) is 17.7 Å². The fourth-order valence-electron chi connectivity index (χ4n) is 2.70. The van der Waals surface area contributed by atoms with E-state index in [1.807, 2.05) is 31.2 Å². The second-order valence-corrected chi connectivity index (χ2v) is 6.24. The van der Waals surface area contributed by atoms with Crippen LogP contribution in [-0.2, 0) is 4.79 Å². The number of amides is 1. The maximum atomic E-state index is 11.9. The number of benzene rings is 1. The Morgan fingerprint density at radius 1 is 1.13 bits per heavy atom. The molecule has 0 aliphatic carbocycles. The van der Waals surface area contributed by atoms with E-state index in [1.165, 1.54) is 0 Å². The van der Waals surface area contributed by atoms with Gasteiger partial charge in [-0.2, -0.15) is 0 Å². The molecule has 1 amide bonds. The second-order valence-electron chi connectivity index (χ2n) is 6.24. The summed E-state index contributed by atoms with van der Waals surface area (Å²) in [7, 11) is 0. The van der Waals surface area contributed by atoms with Crippen molar-refractivity contribution in [3.8, 4) is 0 Å². The number of ketones is 1. The molecule has 1 aliphatic heterocycles. The highest BCUT2D eigenvalue weighted by atomic mass is 16.2. The molecule has 2 rings (SSSR count). The van der Waals surface area contributed by atoms with Crippen LogP contribution in [0.1, 0.15) is 37.6 Å². The van der Waals surface area contributed by atoms with Crippen molar-refractivity contribution in [2.75, 3.05) is 37.6 Å². The quantitative estimate of drug-likeness (QED) is 0.815. The third kappa shape index (κ3) is 5.06. The standard InChI is InChI=1S/C18H27N3O2/c1-4-14(2)19-18(23)13-20-9-11-21(12-10-20)17-7-5-16(6-8-17)15(3)22/h5-8,14H,4,9-13H2,1-3H3,(H,19,23)/t14-/m1/s1. The molecule has 0 aromatic heterocycles. The summed E-state index contributed by atoms with van der Waals surface area (Å²) in [4.78, 5) is 27.7. The summed E-state index contributed by atoms with van der Waals surface area (Å²) in [5.74, 6) is 0.201. The zero-order chi connectivity index (χ0) is 16.8. The molecular weight excluding hydrogens is 290 g/mol. The van der Waals surface area contributed by atoms with Crippen molar-refractivity contribution in [1.29, 1.82) is 0 Å². The minimum atomic E-state index is 0.0914. The molecular formula is C18H27N3O2. The lowest BCUT2D eigenvalue weighted by atomic mass is 10.1. The zero-order valence-electron chi connectivity index (χ0n) is 14.3. The van der Waals surface area contributed by atoms with Crippen molar-refractivity contribution in [2.45, 2.75) is 33.2 Å². The van der Waals surface area contributed by atoms with Crippen molar-refractivity contribution in [2.24, 2.45) is 0 Å². The summed E-state index contributed by atoms with van der Waals surface area (Å²) in [5.41, 5.74) is 1.88. The number of hydrogen-bond acceptors (Lipinski definition) is 4. The van der Waals surface area contributed by atoms with Crippen LogP contribution in [0.15, 0.2) is 24.3 Å². The maximum absolute atomic E-state index is 11.9. The van der Waals surface area contributed by atoms with Crippen molar-refractivity contribution in [3.63, 3.8) is 0 Å². The van der Waals surface area contributed by atoms with E-state index in [2.05, 4.69) is 22.0 Å². The van der Waals surface area contributed by atoms with Crippen LogP contribution in [0, 0.1) is 0 Å². The zero-order valence-corrected chi connectivity index (χ0v) is 14.3. The van der Waals surface area contributed by atoms with Crippen LogP contribution in [0.3, 0.4) is 0 Å². The van der Waals surface area contributed by atoms with Crippen LogP contribution in [0.4, 0.5) is 5.69 Å². The third-order valence-electron chi connectivity index (χ3n) is 4.40. The van der Waals surface area contributed by atoms with Crippen LogP contribution >= 0.6 is 0 Å². The molecule has 0 bridgehead atoms. The SMILES string of the molecule is CC[C@@H](C)NC(=O)CN1CCN(c2ccc(C(C)=O)cc2)CC1. The van der Waals surface area contributed by atoms with Crippen molar-refractivity contribution in [3.05, 3.63) is 29.8 Å². The number of anilines is 1. The molecule has 0 saturated carbocycles. The van der Waals surface area contributed by atoms with Gasteiger partial charge in [-0.05, 0) is 44.5 Å². The van der Waals surface area contributed by atoms with E-state index >= 15 is 0 Å². The summed E-state index contributed by atoms with van der Waals surface area (Å²) in [5, 5.41) is 3.01. The molecule has 1 aromatic rings. The van der Waals surface area contributed by atoms with Gasteiger partial charge in [-0.1, -0.05) is 6.92 Å². The van der Waals surface area contributed by atoms with Crippen LogP contribution in [-0.4, -0.2) is 55.4 Å². The van der Waals surface area contributed by atoms with Gasteiger partial charge in [-0.15, -0.1) is 0 Å². The van der Waals surface area contributed by atoms with Crippen molar-refractivity contribution in [1.82, 2.24) is 10.2 Å². The Balaban J connectivity index is 1.81. The van der Waals surface area contributed by atoms with Gasteiger partial charge in [-0.25, -0.2) is 0 Å². The highest BCUT2D eigenvalue weighted by molar-refractivity contribution is 5.94. The van der Waals surface area contributed by atoms with Crippen LogP contribution in [0.25, 0.3) is 0 Å². The van der Waals surface area contributed by atoms with Gasteiger partial charge in [0.2, 0.25) is 5.91 Å². The minimum absolute atomic E-state index is 0.0914. The molecule has 1 aromatic carbocycles. The molecule has 126 valence electrons. The van der Waals surface area contributed by atoms with E-state index in [1.54, 1.807) is 6.92 Å². The van der Waals surface area contributed by atoms with Gasteiger partial charge in [0.1, 0.15) is 0 Å². The van der Waals surface area contributed by atoms with Crippen LogP contribution < -0.4 is 10.2 Å². The van der Waals surface area contributed by atoms with E-state index in [0.29, 0.717) is 6.54 Å². The maximum Gasteiger partial charge on any atom is 0.234 e. The molecule has 1 fully saturated rings. The lowest BCUT2D eigenvalue weighted by Gasteiger charge is -2.36. The van der Waals surface area contributed by atoms with Gasteiger partial charge in [0, 0.05) is 43.5 Å². The summed E-state index contributed by atoms with van der Waals surface area (Å²) in [6.45, 7) is 9.71. The van der Waals surface area contributed by atoms with E-state index < -0.39 is 0 Å². The van der Waals surface area contributed by atoms with Crippen molar-refractivity contribution >= 4 is 17.4 Å². The number of piperazine rings is 1. The molecule has 1 heterocycles. The number of carbonyl (C=O) groups excluding carboxylic acids is 2. The van der Waals surface area contributed by atoms with E-state index in [9.17, 15) is 9.59 Å². The Bertz CT molecular complexity index is 534. The Hall–Kier alpha value is -1.88. The highest BCUT2D eigenvalue weighted by Gasteiger charge is 2.19. The fraction of sp³-hybridized carbons (Fsp3) is 0.556. The number of nitrogens with zero attached hydrogens (tertiary/aromatic N) is 2. The average molecular weight is 317 g/mol. The molecule has 0 spiro atoms. The van der Waals surface area contributed by atoms with Crippen LogP contribution in [0.2, 0.25) is 0 Å². The first-order valence-electron chi connectivity index (χ1n) is 8.37. The van der Waals surface area contributed by atoms with Gasteiger partial charge < -0.3 is 10.2 Å². The molecule has 1 saturated heterocycles. The Morgan fingerprint density at radius 3 is 2.26 bits per heavy atom. The monoisotopic (exact) mass is 317 g/mol. The predicted molar refractivity (Wildman–Crippen MR) is 93.0 cm³/mol. The molecule has 5 nitrogen and oxygen atoms in total. The van der Waals surface area contributed by atoms with E-state index in [4.69, 9.17) is 0 Å². The average Bonchev–Trinajstić information content (AvgIpc) is 2.55. The smallest absolute Gasteiger partial charge is 0.234 e. The summed E-state index contributed by atoms with van der Waals surface area (Å²) >= 11 is 0. The van der Waals surface area contributed by atoms with Gasteiger partial charge in [-0.3, -0.25) is 14.5 Å². The number of Topliss-reactive ketones (excluding diaryl/α,β-unsaturated/α-hetero) is 1. The number of carbonyl (C=O) groups is 2. The summed E-state index contributed by atoms with van der Waals surface area (Å²) in [6.07, 6.45) is 0.954. The van der Waals surface area contributed by atoms with Crippen molar-refractivity contribution < 1.29 is 9.59 Å². The number of rotatable bonds is 6. The molecule has 0 unspecified atom stereocenters. The van der Waals surface area contributed by atoms with Gasteiger partial charge in [0.05, 0.1) is 6.54 Å². The molecule has 1 N–H and O–H groups in total. The molecule has 23 heavy (non-hydrogen) atoms. The van der Waals surface area contributed by atoms with Gasteiger partial charge in [0.15, 0.2) is 5.78 Å². The lowest BCUT2D eigenvalue weighted by molar-refractivity contribution is -0.122.